The number of amides is 1. The molecule has 0 atom stereocenters. The third-order valence-electron chi connectivity index (χ3n) is 4.93. The topological polar surface area (TPSA) is 89.4 Å². The second kappa shape index (κ2) is 10.7. The summed E-state index contributed by atoms with van der Waals surface area (Å²) >= 11 is 6.23. The van der Waals surface area contributed by atoms with E-state index in [1.54, 1.807) is 7.11 Å². The minimum absolute atomic E-state index is 0.0468. The van der Waals surface area contributed by atoms with E-state index in [0.29, 0.717) is 17.1 Å². The lowest BCUT2D eigenvalue weighted by atomic mass is 10.1. The van der Waals surface area contributed by atoms with Crippen molar-refractivity contribution < 1.29 is 24.1 Å². The Morgan fingerprint density at radius 1 is 1.03 bits per heavy atom. The number of rotatable bonds is 8. The molecule has 0 spiro atoms. The van der Waals surface area contributed by atoms with Gasteiger partial charge in [-0.1, -0.05) is 11.6 Å². The van der Waals surface area contributed by atoms with E-state index in [2.05, 4.69) is 10.5 Å². The zero-order valence-corrected chi connectivity index (χ0v) is 19.6. The largest absolute Gasteiger partial charge is 0.504 e. The van der Waals surface area contributed by atoms with Gasteiger partial charge in [-0.15, -0.1) is 0 Å². The Hall–Kier alpha value is -3.71. The van der Waals surface area contributed by atoms with E-state index in [0.717, 1.165) is 27.3 Å². The van der Waals surface area contributed by atoms with Crippen LogP contribution >= 0.6 is 11.6 Å². The molecule has 0 fully saturated rings. The van der Waals surface area contributed by atoms with Crippen molar-refractivity contribution in [1.29, 1.82) is 0 Å². The van der Waals surface area contributed by atoms with E-state index in [9.17, 15) is 9.90 Å². The van der Waals surface area contributed by atoms with Crippen LogP contribution in [-0.2, 0) is 6.61 Å². The summed E-state index contributed by atoms with van der Waals surface area (Å²) in [5.41, 5.74) is 6.23. The number of aromatic hydroxyl groups is 1. The van der Waals surface area contributed by atoms with Crippen LogP contribution in [0, 0.1) is 13.8 Å². The van der Waals surface area contributed by atoms with Gasteiger partial charge in [0.1, 0.15) is 18.1 Å². The Bertz CT molecular complexity index is 1170. The Balaban J connectivity index is 1.70. The van der Waals surface area contributed by atoms with Gasteiger partial charge in [-0.3, -0.25) is 4.79 Å². The highest BCUT2D eigenvalue weighted by atomic mass is 35.5. The fraction of sp³-hybridized carbons (Fsp3) is 0.200. The van der Waals surface area contributed by atoms with Gasteiger partial charge < -0.3 is 19.3 Å². The molecule has 0 aromatic heterocycles. The molecule has 0 aliphatic carbocycles. The van der Waals surface area contributed by atoms with Crippen LogP contribution in [0.3, 0.4) is 0 Å². The number of methoxy groups -OCH3 is 2. The number of aryl methyl sites for hydroxylation is 2. The number of halogens is 1. The van der Waals surface area contributed by atoms with E-state index in [1.807, 2.05) is 44.2 Å². The summed E-state index contributed by atoms with van der Waals surface area (Å²) < 4.78 is 16.4. The summed E-state index contributed by atoms with van der Waals surface area (Å²) in [7, 11) is 3.00. The van der Waals surface area contributed by atoms with Crippen molar-refractivity contribution in [2.75, 3.05) is 14.2 Å². The van der Waals surface area contributed by atoms with Crippen LogP contribution in [0.15, 0.2) is 53.6 Å². The first kappa shape index (κ1) is 23.9. The fourth-order valence-corrected chi connectivity index (χ4v) is 3.30. The molecule has 0 heterocycles. The molecule has 8 heteroatoms. The summed E-state index contributed by atoms with van der Waals surface area (Å²) in [6, 6.07) is 13.6. The van der Waals surface area contributed by atoms with Crippen molar-refractivity contribution in [1.82, 2.24) is 5.43 Å². The molecule has 7 nitrogen and oxygen atoms in total. The Morgan fingerprint density at radius 3 is 2.39 bits per heavy atom. The molecule has 172 valence electrons. The van der Waals surface area contributed by atoms with Crippen molar-refractivity contribution in [3.63, 3.8) is 0 Å². The number of phenols is 1. The zero-order valence-electron chi connectivity index (χ0n) is 18.8. The first-order chi connectivity index (χ1) is 15.8. The number of hydrazone groups is 1. The van der Waals surface area contributed by atoms with Gasteiger partial charge in [0.25, 0.3) is 5.91 Å². The summed E-state index contributed by atoms with van der Waals surface area (Å²) in [5, 5.41) is 14.4. The van der Waals surface area contributed by atoms with Gasteiger partial charge in [-0.05, 0) is 79.1 Å². The Kier molecular flexibility index (Phi) is 7.79. The lowest BCUT2D eigenvalue weighted by molar-refractivity contribution is 0.0954. The number of hydrogen-bond donors (Lipinski definition) is 2. The van der Waals surface area contributed by atoms with Gasteiger partial charge >= 0.3 is 0 Å². The number of hydrogen-bond acceptors (Lipinski definition) is 6. The molecule has 0 aliphatic rings. The Morgan fingerprint density at radius 2 is 1.73 bits per heavy atom. The van der Waals surface area contributed by atoms with Crippen LogP contribution in [0.4, 0.5) is 0 Å². The van der Waals surface area contributed by atoms with Crippen molar-refractivity contribution in [3.8, 4) is 23.0 Å². The molecule has 1 amide bonds. The highest BCUT2D eigenvalue weighted by molar-refractivity contribution is 6.32. The number of ether oxygens (including phenoxy) is 3. The molecule has 0 saturated carbocycles. The molecule has 0 saturated heterocycles. The second-order valence-corrected chi connectivity index (χ2v) is 7.69. The van der Waals surface area contributed by atoms with Crippen molar-refractivity contribution in [2.45, 2.75) is 20.5 Å². The predicted octanol–water partition coefficient (Wildman–Crippen LogP) is 5.02. The summed E-state index contributed by atoms with van der Waals surface area (Å²) in [5.74, 6) is 1.11. The number of nitrogens with one attached hydrogen (secondary N) is 1. The SMILES string of the molecule is COc1cc(C(=O)NN=Cc2ccc(OC)c(COc3cc(C)c(Cl)c(C)c3)c2)ccc1O. The molecule has 0 radical (unpaired) electrons. The van der Waals surface area contributed by atoms with Crippen molar-refractivity contribution in [2.24, 2.45) is 5.10 Å². The summed E-state index contributed by atoms with van der Waals surface area (Å²) in [6.45, 7) is 4.15. The Labute approximate surface area is 197 Å². The van der Waals surface area contributed by atoms with E-state index in [4.69, 9.17) is 25.8 Å². The molecular formula is C25H25ClN2O5. The van der Waals surface area contributed by atoms with Crippen molar-refractivity contribution >= 4 is 23.7 Å². The van der Waals surface area contributed by atoms with Gasteiger partial charge in [-0.2, -0.15) is 5.10 Å². The number of phenolic OH excluding ortho intramolecular Hbond substituents is 1. The van der Waals surface area contributed by atoms with Crippen LogP contribution in [0.2, 0.25) is 5.02 Å². The van der Waals surface area contributed by atoms with E-state index >= 15 is 0 Å². The minimum Gasteiger partial charge on any atom is -0.504 e. The zero-order chi connectivity index (χ0) is 24.0. The lowest BCUT2D eigenvalue weighted by Gasteiger charge is -2.13. The number of carbonyl (C=O) groups excluding carboxylic acids is 1. The monoisotopic (exact) mass is 468 g/mol. The van der Waals surface area contributed by atoms with Gasteiger partial charge in [0, 0.05) is 16.1 Å². The first-order valence-electron chi connectivity index (χ1n) is 10.1. The second-order valence-electron chi connectivity index (χ2n) is 7.32. The number of carbonyl (C=O) groups is 1. The quantitative estimate of drug-likeness (QED) is 0.358. The maximum absolute atomic E-state index is 12.3. The smallest absolute Gasteiger partial charge is 0.271 e. The average Bonchev–Trinajstić information content (AvgIpc) is 2.81. The van der Waals surface area contributed by atoms with E-state index < -0.39 is 5.91 Å². The van der Waals surface area contributed by atoms with Crippen LogP contribution in [0.1, 0.15) is 32.6 Å². The van der Waals surface area contributed by atoms with Crippen LogP contribution in [0.5, 0.6) is 23.0 Å². The normalized spacial score (nSPS) is 10.8. The molecule has 0 unspecified atom stereocenters. The minimum atomic E-state index is -0.435. The molecule has 3 aromatic carbocycles. The number of nitrogens with zero attached hydrogens (tertiary/aromatic N) is 1. The van der Waals surface area contributed by atoms with Gasteiger partial charge in [0.2, 0.25) is 0 Å². The predicted molar refractivity (Wildman–Crippen MR) is 128 cm³/mol. The van der Waals surface area contributed by atoms with Gasteiger partial charge in [-0.25, -0.2) is 5.43 Å². The standard InChI is InChI=1S/C25H25ClN2O5/c1-15-9-20(10-16(2)24(15)26)33-14-19-11-17(5-8-22(19)31-3)13-27-28-25(30)18-6-7-21(29)23(12-18)32-4/h5-13,29H,14H2,1-4H3,(H,28,30). The van der Waals surface area contributed by atoms with Crippen LogP contribution in [0.25, 0.3) is 0 Å². The van der Waals surface area contributed by atoms with Crippen LogP contribution < -0.4 is 19.6 Å². The van der Waals surface area contributed by atoms with E-state index in [1.165, 1.54) is 31.5 Å². The molecule has 2 N–H and O–H groups in total. The summed E-state index contributed by atoms with van der Waals surface area (Å²) in [6.07, 6.45) is 1.52. The highest BCUT2D eigenvalue weighted by Crippen LogP contribution is 2.28. The van der Waals surface area contributed by atoms with Crippen LogP contribution in [-0.4, -0.2) is 31.4 Å². The molecule has 0 aliphatic heterocycles. The van der Waals surface area contributed by atoms with Gasteiger partial charge in [0.15, 0.2) is 11.5 Å². The number of benzene rings is 3. The lowest BCUT2D eigenvalue weighted by Crippen LogP contribution is -2.17. The molecule has 0 bridgehead atoms. The average molecular weight is 469 g/mol. The maximum Gasteiger partial charge on any atom is 0.271 e. The maximum atomic E-state index is 12.3. The first-order valence-corrected chi connectivity index (χ1v) is 10.5. The third-order valence-corrected chi connectivity index (χ3v) is 5.53. The fourth-order valence-electron chi connectivity index (χ4n) is 3.19. The molecule has 3 rings (SSSR count). The molecular weight excluding hydrogens is 444 g/mol. The van der Waals surface area contributed by atoms with Gasteiger partial charge in [0.05, 0.1) is 20.4 Å². The molecule has 33 heavy (non-hydrogen) atoms. The summed E-state index contributed by atoms with van der Waals surface area (Å²) in [4.78, 5) is 12.3. The highest BCUT2D eigenvalue weighted by Gasteiger charge is 2.10. The third kappa shape index (κ3) is 5.96. The van der Waals surface area contributed by atoms with Crippen molar-refractivity contribution in [3.05, 3.63) is 81.4 Å². The van der Waals surface area contributed by atoms with E-state index in [-0.39, 0.29) is 18.1 Å². The molecule has 3 aromatic rings.